The molecule has 0 amide bonds. The molecule has 1 aromatic rings. The Labute approximate surface area is 130 Å². The van der Waals surface area contributed by atoms with Gasteiger partial charge in [0.15, 0.2) is 0 Å². The summed E-state index contributed by atoms with van der Waals surface area (Å²) >= 11 is 4.75. The summed E-state index contributed by atoms with van der Waals surface area (Å²) < 4.78 is 2.37. The number of nitrogens with one attached hydrogen (secondary N) is 1. The number of thioether (sulfide) groups is 1. The number of fused-ring (bicyclic) bond motifs is 1. The van der Waals surface area contributed by atoms with Crippen LogP contribution in [0.2, 0.25) is 0 Å². The van der Waals surface area contributed by atoms with E-state index in [9.17, 15) is 10.1 Å². The molecule has 3 N–H and O–H groups in total. The summed E-state index contributed by atoms with van der Waals surface area (Å²) in [6, 6.07) is 2.45. The maximum absolute atomic E-state index is 10.2. The van der Waals surface area contributed by atoms with Crippen LogP contribution >= 0.6 is 35.0 Å². The molecule has 0 aromatic carbocycles. The molecule has 1 aromatic heterocycles. The molecule has 0 saturated heterocycles. The summed E-state index contributed by atoms with van der Waals surface area (Å²) in [5.41, 5.74) is 1.31. The molecular weight excluding hydrogens is 318 g/mol. The zero-order valence-electron chi connectivity index (χ0n) is 11.0. The Bertz CT molecular complexity index is 469. The van der Waals surface area contributed by atoms with Crippen LogP contribution in [0.4, 0.5) is 0 Å². The maximum Gasteiger partial charge on any atom is 0.294 e. The third-order valence-electron chi connectivity index (χ3n) is 3.05. The number of hydrogen-bond acceptors (Lipinski definition) is 8. The van der Waals surface area contributed by atoms with Crippen molar-refractivity contribution in [3.63, 3.8) is 0 Å². The van der Waals surface area contributed by atoms with Crippen LogP contribution in [0.1, 0.15) is 31.4 Å². The van der Waals surface area contributed by atoms with Crippen molar-refractivity contribution >= 4 is 35.0 Å². The van der Waals surface area contributed by atoms with Crippen molar-refractivity contribution in [1.29, 1.82) is 0 Å². The monoisotopic (exact) mass is 335 g/mol. The van der Waals surface area contributed by atoms with E-state index in [1.165, 1.54) is 21.7 Å². The predicted octanol–water partition coefficient (Wildman–Crippen LogP) is 2.83. The summed E-state index contributed by atoms with van der Waals surface area (Å²) in [5.74, 6) is 0. The zero-order valence-corrected chi connectivity index (χ0v) is 13.5. The molecule has 2 atom stereocenters. The number of thiophene rings is 1. The lowest BCUT2D eigenvalue weighted by Crippen LogP contribution is -2.27. The highest BCUT2D eigenvalue weighted by atomic mass is 32.2. The van der Waals surface area contributed by atoms with Gasteiger partial charge in [0.2, 0.25) is 0 Å². The van der Waals surface area contributed by atoms with Gasteiger partial charge in [0.05, 0.1) is 15.0 Å². The molecule has 0 fully saturated rings. The topological polar surface area (TPSA) is 90.4 Å². The summed E-state index contributed by atoms with van der Waals surface area (Å²) in [6.07, 6.45) is 1.63. The first-order valence-electron chi connectivity index (χ1n) is 6.31. The number of rotatable bonds is 7. The van der Waals surface area contributed by atoms with Crippen molar-refractivity contribution in [2.24, 2.45) is 5.14 Å². The Hall–Kier alpha value is -0.480. The number of nitrogens with zero attached hydrogens (tertiary/aromatic N) is 1. The van der Waals surface area contributed by atoms with Crippen LogP contribution in [0.5, 0.6) is 0 Å². The fraction of sp³-hybridized carbons (Fsp3) is 0.636. The minimum Gasteiger partial charge on any atom is -0.314 e. The van der Waals surface area contributed by atoms with Gasteiger partial charge in [-0.3, -0.25) is 5.14 Å². The number of hydrogen-bond donors (Lipinski definition) is 2. The Kier molecular flexibility index (Phi) is 5.97. The van der Waals surface area contributed by atoms with Crippen LogP contribution in [0.3, 0.4) is 0 Å². The maximum atomic E-state index is 10.2. The van der Waals surface area contributed by atoms with Crippen molar-refractivity contribution in [3.05, 3.63) is 21.7 Å². The van der Waals surface area contributed by atoms with E-state index in [0.29, 0.717) is 17.7 Å². The van der Waals surface area contributed by atoms with Gasteiger partial charge >= 0.3 is 0 Å². The second kappa shape index (κ2) is 7.51. The van der Waals surface area contributed by atoms with Crippen LogP contribution in [-0.4, -0.2) is 23.5 Å². The van der Waals surface area contributed by atoms with Crippen molar-refractivity contribution in [3.8, 4) is 0 Å². The summed E-state index contributed by atoms with van der Waals surface area (Å²) in [5, 5.41) is 18.9. The van der Waals surface area contributed by atoms with E-state index in [2.05, 4.69) is 23.1 Å². The average molecular weight is 335 g/mol. The highest BCUT2D eigenvalue weighted by molar-refractivity contribution is 8.03. The molecule has 0 aliphatic carbocycles. The van der Waals surface area contributed by atoms with Gasteiger partial charge in [-0.15, -0.1) is 33.2 Å². The van der Waals surface area contributed by atoms with Gasteiger partial charge in [-0.05, 0) is 43.0 Å². The smallest absolute Gasteiger partial charge is 0.294 e. The molecule has 2 rings (SSSR count). The van der Waals surface area contributed by atoms with E-state index >= 15 is 0 Å². The third-order valence-corrected chi connectivity index (χ3v) is 6.43. The lowest BCUT2D eigenvalue weighted by Gasteiger charge is -2.29. The molecule has 112 valence electrons. The Balaban J connectivity index is 2.03. The molecule has 2 heterocycles. The van der Waals surface area contributed by atoms with Crippen LogP contribution in [0.15, 0.2) is 14.5 Å². The highest BCUT2D eigenvalue weighted by Crippen LogP contribution is 2.47. The van der Waals surface area contributed by atoms with Gasteiger partial charge in [-0.1, -0.05) is 6.92 Å². The zero-order chi connectivity index (χ0) is 14.5. The summed E-state index contributed by atoms with van der Waals surface area (Å²) in [4.78, 5) is 14.6. The van der Waals surface area contributed by atoms with Crippen LogP contribution in [-0.2, 0) is 4.84 Å². The second-order valence-corrected chi connectivity index (χ2v) is 7.91. The molecule has 0 spiro atoms. The van der Waals surface area contributed by atoms with Gasteiger partial charge < -0.3 is 10.2 Å². The largest absolute Gasteiger partial charge is 0.314 e. The molecule has 1 aliphatic rings. The van der Waals surface area contributed by atoms with E-state index in [0.717, 1.165) is 17.2 Å². The Morgan fingerprint density at radius 1 is 1.70 bits per heavy atom. The SMILES string of the molecule is CCNC1CC(CCO[N+](=O)[O-])Sc2sc(SN)cc21. The molecule has 0 radical (unpaired) electrons. The number of nitrogens with two attached hydrogens (primary N) is 1. The van der Waals surface area contributed by atoms with Crippen LogP contribution < -0.4 is 10.5 Å². The van der Waals surface area contributed by atoms with Gasteiger partial charge in [0.25, 0.3) is 5.09 Å². The Morgan fingerprint density at radius 3 is 3.15 bits per heavy atom. The van der Waals surface area contributed by atoms with Crippen LogP contribution in [0, 0.1) is 10.1 Å². The normalized spacial score (nSPS) is 21.5. The van der Waals surface area contributed by atoms with Crippen molar-refractivity contribution < 1.29 is 9.92 Å². The second-order valence-electron chi connectivity index (χ2n) is 4.36. The minimum atomic E-state index is -0.727. The van der Waals surface area contributed by atoms with E-state index in [1.54, 1.807) is 23.1 Å². The summed E-state index contributed by atoms with van der Waals surface area (Å²) in [7, 11) is 0. The first-order valence-corrected chi connectivity index (χ1v) is 8.89. The van der Waals surface area contributed by atoms with Gasteiger partial charge in [0.1, 0.15) is 0 Å². The quantitative estimate of drug-likeness (QED) is 0.450. The predicted molar refractivity (Wildman–Crippen MR) is 82.6 cm³/mol. The molecule has 6 nitrogen and oxygen atoms in total. The van der Waals surface area contributed by atoms with E-state index < -0.39 is 5.09 Å². The molecule has 2 unspecified atom stereocenters. The molecule has 9 heteroatoms. The lowest BCUT2D eigenvalue weighted by molar-refractivity contribution is -0.757. The van der Waals surface area contributed by atoms with E-state index in [-0.39, 0.29) is 6.61 Å². The fourth-order valence-electron chi connectivity index (χ4n) is 2.22. The lowest BCUT2D eigenvalue weighted by atomic mass is 10.0. The molecule has 0 saturated carbocycles. The van der Waals surface area contributed by atoms with E-state index in [1.807, 2.05) is 0 Å². The first kappa shape index (κ1) is 15.9. The standard InChI is InChI=1S/C11H17N3O3S3/c1-2-13-9-5-7(3-4-17-14(15)16)18-11-8(9)6-10(19-11)20-12/h6-7,9,13H,2-5,12H2,1H3. The van der Waals surface area contributed by atoms with Gasteiger partial charge in [-0.25, -0.2) is 0 Å². The fourth-order valence-corrected chi connectivity index (χ4v) is 5.72. The van der Waals surface area contributed by atoms with Crippen molar-refractivity contribution in [2.75, 3.05) is 13.2 Å². The van der Waals surface area contributed by atoms with E-state index in [4.69, 9.17) is 5.14 Å². The van der Waals surface area contributed by atoms with Crippen molar-refractivity contribution in [1.82, 2.24) is 5.32 Å². The van der Waals surface area contributed by atoms with Gasteiger partial charge in [-0.2, -0.15) is 0 Å². The average Bonchev–Trinajstić information content (AvgIpc) is 2.82. The first-order chi connectivity index (χ1) is 9.63. The van der Waals surface area contributed by atoms with Gasteiger partial charge in [0, 0.05) is 11.3 Å². The molecule has 20 heavy (non-hydrogen) atoms. The third kappa shape index (κ3) is 4.01. The van der Waals surface area contributed by atoms with Crippen LogP contribution in [0.25, 0.3) is 0 Å². The Morgan fingerprint density at radius 2 is 2.50 bits per heavy atom. The molecular formula is C11H17N3O3S3. The highest BCUT2D eigenvalue weighted by Gasteiger charge is 2.29. The summed E-state index contributed by atoms with van der Waals surface area (Å²) in [6.45, 7) is 3.13. The molecule has 0 bridgehead atoms. The minimum absolute atomic E-state index is 0.155. The molecule has 1 aliphatic heterocycles. The van der Waals surface area contributed by atoms with Crippen molar-refractivity contribution in [2.45, 2.75) is 39.5 Å².